The summed E-state index contributed by atoms with van der Waals surface area (Å²) in [5.41, 5.74) is 11.2. The number of nitrogens with two attached hydrogens (primary N) is 1. The summed E-state index contributed by atoms with van der Waals surface area (Å²) in [7, 11) is 0. The maximum atomic E-state index is 13.2. The number of allylic oxidation sites excluding steroid dienone is 3. The fourth-order valence-electron chi connectivity index (χ4n) is 5.13. The highest BCUT2D eigenvalue weighted by atomic mass is 79.9. The van der Waals surface area contributed by atoms with E-state index in [0.29, 0.717) is 35.4 Å². The highest BCUT2D eigenvalue weighted by molar-refractivity contribution is 9.10. The van der Waals surface area contributed by atoms with Gasteiger partial charge in [-0.05, 0) is 61.8 Å². The molecule has 0 bridgehead atoms. The molecule has 1 aliphatic heterocycles. The Labute approximate surface area is 199 Å². The van der Waals surface area contributed by atoms with Crippen LogP contribution < -0.4 is 10.6 Å². The number of nitriles is 2. The van der Waals surface area contributed by atoms with Gasteiger partial charge in [-0.25, -0.2) is 0 Å². The van der Waals surface area contributed by atoms with Gasteiger partial charge in [-0.15, -0.1) is 11.3 Å². The number of anilines is 1. The van der Waals surface area contributed by atoms with Crippen LogP contribution in [0.5, 0.6) is 0 Å². The fraction of sp³-hybridized carbons (Fsp3) is 0.320. The summed E-state index contributed by atoms with van der Waals surface area (Å²) in [4.78, 5) is 16.3. The van der Waals surface area contributed by atoms with Crippen LogP contribution in [0.4, 0.5) is 5.00 Å². The molecule has 0 radical (unpaired) electrons. The summed E-state index contributed by atoms with van der Waals surface area (Å²) < 4.78 is 0.932. The van der Waals surface area contributed by atoms with Crippen LogP contribution in [0.1, 0.15) is 59.6 Å². The second kappa shape index (κ2) is 8.24. The minimum atomic E-state index is -0.479. The minimum absolute atomic E-state index is 0.0595. The zero-order valence-electron chi connectivity index (χ0n) is 17.4. The second-order valence-corrected chi connectivity index (χ2v) is 10.4. The molecular formula is C25H21BrN4OS. The van der Waals surface area contributed by atoms with E-state index >= 15 is 0 Å². The molecule has 0 unspecified atom stereocenters. The van der Waals surface area contributed by atoms with Crippen molar-refractivity contribution in [1.82, 2.24) is 0 Å². The number of nitrogens with zero attached hydrogens (tertiary/aromatic N) is 3. The SMILES string of the molecule is N#CC1=C(N)N(c2sc3c(c2C#N)CCCC3)C2=C(C(=O)CCC2)[C@H]1c1ccc(Br)cc1. The Morgan fingerprint density at radius 1 is 1.03 bits per heavy atom. The van der Waals surface area contributed by atoms with Gasteiger partial charge in [-0.3, -0.25) is 9.69 Å². The van der Waals surface area contributed by atoms with E-state index in [1.54, 1.807) is 11.3 Å². The van der Waals surface area contributed by atoms with Crippen LogP contribution in [0.15, 0.2) is 51.4 Å². The molecule has 5 nitrogen and oxygen atoms in total. The molecule has 5 rings (SSSR count). The molecule has 1 aromatic heterocycles. The molecule has 0 fully saturated rings. The number of halogens is 1. The van der Waals surface area contributed by atoms with Crippen molar-refractivity contribution < 1.29 is 4.79 Å². The lowest BCUT2D eigenvalue weighted by Gasteiger charge is -2.39. The molecule has 0 spiro atoms. The van der Waals surface area contributed by atoms with Crippen molar-refractivity contribution in [3.63, 3.8) is 0 Å². The Bertz CT molecular complexity index is 1270. The Kier molecular flexibility index (Phi) is 5.41. The molecule has 2 aromatic rings. The normalized spacial score (nSPS) is 20.5. The maximum absolute atomic E-state index is 13.2. The number of rotatable bonds is 2. The van der Waals surface area contributed by atoms with E-state index < -0.39 is 5.92 Å². The van der Waals surface area contributed by atoms with Crippen molar-refractivity contribution in [2.75, 3.05) is 4.90 Å². The van der Waals surface area contributed by atoms with Gasteiger partial charge in [-0.1, -0.05) is 28.1 Å². The first-order chi connectivity index (χ1) is 15.5. The molecule has 0 saturated heterocycles. The molecule has 0 saturated carbocycles. The van der Waals surface area contributed by atoms with Gasteiger partial charge in [-0.2, -0.15) is 10.5 Å². The lowest BCUT2D eigenvalue weighted by atomic mass is 9.75. The average Bonchev–Trinajstić information content (AvgIpc) is 3.17. The van der Waals surface area contributed by atoms with Gasteiger partial charge in [0.15, 0.2) is 5.78 Å². The fourth-order valence-corrected chi connectivity index (χ4v) is 6.77. The number of aryl methyl sites for hydroxylation is 1. The number of thiophene rings is 1. The summed E-state index contributed by atoms with van der Waals surface area (Å²) in [5.74, 6) is -0.0829. The molecular weight excluding hydrogens is 484 g/mol. The molecule has 2 aliphatic carbocycles. The predicted octanol–water partition coefficient (Wildman–Crippen LogP) is 5.57. The zero-order valence-corrected chi connectivity index (χ0v) is 19.9. The first kappa shape index (κ1) is 21.0. The lowest BCUT2D eigenvalue weighted by Crippen LogP contribution is -2.38. The van der Waals surface area contributed by atoms with Crippen LogP contribution in [0.2, 0.25) is 0 Å². The second-order valence-electron chi connectivity index (χ2n) is 8.37. The molecule has 7 heteroatoms. The third-order valence-corrected chi connectivity index (χ3v) is 8.39. The molecule has 1 aromatic carbocycles. The number of ketones is 1. The number of Topliss-reactive ketones (excluding diaryl/α,β-unsaturated/α-hetero) is 1. The molecule has 2 N–H and O–H groups in total. The number of fused-ring (bicyclic) bond motifs is 1. The van der Waals surface area contributed by atoms with E-state index in [1.165, 1.54) is 4.88 Å². The van der Waals surface area contributed by atoms with Gasteiger partial charge < -0.3 is 5.73 Å². The first-order valence-corrected chi connectivity index (χ1v) is 12.4. The van der Waals surface area contributed by atoms with Crippen LogP contribution >= 0.6 is 27.3 Å². The number of benzene rings is 1. The Morgan fingerprint density at radius 2 is 1.78 bits per heavy atom. The Balaban J connectivity index is 1.76. The van der Waals surface area contributed by atoms with Gasteiger partial charge in [0.05, 0.1) is 23.1 Å². The van der Waals surface area contributed by atoms with Crippen LogP contribution in [-0.4, -0.2) is 5.78 Å². The number of carbonyl (C=O) groups excluding carboxylic acids is 1. The summed E-state index contributed by atoms with van der Waals surface area (Å²) in [5, 5.41) is 21.0. The van der Waals surface area contributed by atoms with Gasteiger partial charge in [0, 0.05) is 27.0 Å². The van der Waals surface area contributed by atoms with Crippen molar-refractivity contribution in [1.29, 1.82) is 10.5 Å². The van der Waals surface area contributed by atoms with Crippen molar-refractivity contribution >= 4 is 38.1 Å². The van der Waals surface area contributed by atoms with E-state index in [4.69, 9.17) is 5.73 Å². The molecule has 3 aliphatic rings. The van der Waals surface area contributed by atoms with Crippen LogP contribution in [0.25, 0.3) is 0 Å². The van der Waals surface area contributed by atoms with Gasteiger partial charge in [0.2, 0.25) is 0 Å². The van der Waals surface area contributed by atoms with Crippen LogP contribution in [-0.2, 0) is 17.6 Å². The van der Waals surface area contributed by atoms with Crippen molar-refractivity contribution in [3.05, 3.63) is 73.0 Å². The topological polar surface area (TPSA) is 93.9 Å². The van der Waals surface area contributed by atoms with E-state index in [1.807, 2.05) is 29.2 Å². The first-order valence-electron chi connectivity index (χ1n) is 10.8. The smallest absolute Gasteiger partial charge is 0.161 e. The standard InChI is InChI=1S/C25H21BrN4OS/c26-15-10-8-14(9-11-15)22-18(13-28)24(29)30(19-5-3-6-20(31)23(19)22)25-17(12-27)16-4-1-2-7-21(16)32-25/h8-11,22H,1-7,29H2/t22-/m0/s1. The third-order valence-electron chi connectivity index (χ3n) is 6.58. The van der Waals surface area contributed by atoms with Gasteiger partial charge >= 0.3 is 0 Å². The largest absolute Gasteiger partial charge is 0.384 e. The molecule has 2 heterocycles. The lowest BCUT2D eigenvalue weighted by molar-refractivity contribution is -0.116. The Hall–Kier alpha value is -2.87. The van der Waals surface area contributed by atoms with Gasteiger partial charge in [0.25, 0.3) is 0 Å². The van der Waals surface area contributed by atoms with Crippen molar-refractivity contribution in [2.45, 2.75) is 50.9 Å². The Morgan fingerprint density at radius 3 is 2.50 bits per heavy atom. The number of hydrogen-bond acceptors (Lipinski definition) is 6. The monoisotopic (exact) mass is 504 g/mol. The predicted molar refractivity (Wildman–Crippen MR) is 128 cm³/mol. The molecule has 160 valence electrons. The summed E-state index contributed by atoms with van der Waals surface area (Å²) >= 11 is 5.05. The molecule has 32 heavy (non-hydrogen) atoms. The maximum Gasteiger partial charge on any atom is 0.161 e. The van der Waals surface area contributed by atoms with E-state index in [0.717, 1.165) is 58.4 Å². The summed E-state index contributed by atoms with van der Waals surface area (Å²) in [6, 6.07) is 12.4. The minimum Gasteiger partial charge on any atom is -0.384 e. The third kappa shape index (κ3) is 3.20. The van der Waals surface area contributed by atoms with Crippen molar-refractivity contribution in [2.24, 2.45) is 5.73 Å². The van der Waals surface area contributed by atoms with Crippen molar-refractivity contribution in [3.8, 4) is 12.1 Å². The summed E-state index contributed by atoms with van der Waals surface area (Å²) in [6.45, 7) is 0. The summed E-state index contributed by atoms with van der Waals surface area (Å²) in [6.07, 6.45) is 5.94. The molecule has 1 atom stereocenters. The number of hydrogen-bond donors (Lipinski definition) is 1. The highest BCUT2D eigenvalue weighted by Gasteiger charge is 2.41. The average molecular weight is 505 g/mol. The zero-order chi connectivity index (χ0) is 22.4. The van der Waals surface area contributed by atoms with Crippen LogP contribution in [0, 0.1) is 22.7 Å². The van der Waals surface area contributed by atoms with E-state index in [-0.39, 0.29) is 5.78 Å². The number of carbonyl (C=O) groups is 1. The van der Waals surface area contributed by atoms with Crippen LogP contribution in [0.3, 0.4) is 0 Å². The van der Waals surface area contributed by atoms with E-state index in [2.05, 4.69) is 28.1 Å². The van der Waals surface area contributed by atoms with Gasteiger partial charge in [0.1, 0.15) is 16.9 Å². The highest BCUT2D eigenvalue weighted by Crippen LogP contribution is 2.50. The quantitative estimate of drug-likeness (QED) is 0.576. The molecule has 0 amide bonds. The van der Waals surface area contributed by atoms with E-state index in [9.17, 15) is 15.3 Å².